The first-order valence-corrected chi connectivity index (χ1v) is 4.21. The van der Waals surface area contributed by atoms with Gasteiger partial charge in [0.2, 0.25) is 6.41 Å². The average molecular weight is 169 g/mol. The topological polar surface area (TPSA) is 98.1 Å². The Hall–Kier alpha value is -0.420. The molecule has 0 heterocycles. The molecule has 0 spiro atoms. The number of carbonyl (C=O) groups is 1. The normalized spacial score (nSPS) is 11.1. The molecular formula is C3H8NO5P. The van der Waals surface area contributed by atoms with Gasteiger partial charge in [-0.2, -0.15) is 0 Å². The van der Waals surface area contributed by atoms with Crippen molar-refractivity contribution in [1.82, 2.24) is 5.06 Å². The average Bonchev–Trinajstić information content (AvgIpc) is 1.81. The molecule has 7 heteroatoms. The molecule has 0 saturated heterocycles. The third-order valence-electron chi connectivity index (χ3n) is 0.742. The van der Waals surface area contributed by atoms with Crippen LogP contribution in [0.25, 0.3) is 0 Å². The summed E-state index contributed by atoms with van der Waals surface area (Å²) in [7, 11) is -4.09. The fourth-order valence-electron chi connectivity index (χ4n) is 0.285. The lowest BCUT2D eigenvalue weighted by molar-refractivity contribution is -0.148. The van der Waals surface area contributed by atoms with Crippen LogP contribution >= 0.6 is 7.60 Å². The first-order chi connectivity index (χ1) is 4.45. The molecule has 0 aliphatic heterocycles. The second-order valence-corrected chi connectivity index (χ2v) is 3.43. The second kappa shape index (κ2) is 3.68. The maximum absolute atomic E-state index is 10.1. The van der Waals surface area contributed by atoms with E-state index in [4.69, 9.17) is 15.0 Å². The van der Waals surface area contributed by atoms with Gasteiger partial charge >= 0.3 is 7.60 Å². The van der Waals surface area contributed by atoms with Gasteiger partial charge in [-0.05, 0) is 0 Å². The molecule has 0 aromatic rings. The molecule has 10 heavy (non-hydrogen) atoms. The van der Waals surface area contributed by atoms with Crippen LogP contribution in [-0.4, -0.2) is 39.2 Å². The van der Waals surface area contributed by atoms with Crippen LogP contribution in [0.3, 0.4) is 0 Å². The highest BCUT2D eigenvalue weighted by molar-refractivity contribution is 7.51. The summed E-state index contributed by atoms with van der Waals surface area (Å²) in [5.41, 5.74) is 0. The molecular weight excluding hydrogens is 161 g/mol. The van der Waals surface area contributed by atoms with Gasteiger partial charge in [0, 0.05) is 0 Å². The Kier molecular flexibility index (Phi) is 3.52. The highest BCUT2D eigenvalue weighted by Crippen LogP contribution is 2.33. The van der Waals surface area contributed by atoms with Gasteiger partial charge in [0.05, 0.1) is 12.7 Å². The summed E-state index contributed by atoms with van der Waals surface area (Å²) in [6.45, 7) is -0.353. The van der Waals surface area contributed by atoms with E-state index in [-0.39, 0.29) is 18.0 Å². The van der Waals surface area contributed by atoms with Crippen molar-refractivity contribution >= 4 is 14.0 Å². The van der Waals surface area contributed by atoms with Gasteiger partial charge in [0.15, 0.2) is 0 Å². The van der Waals surface area contributed by atoms with E-state index in [9.17, 15) is 9.36 Å². The SMILES string of the molecule is O=CN(O)CCP(=O)(O)O. The van der Waals surface area contributed by atoms with Crippen molar-refractivity contribution in [1.29, 1.82) is 0 Å². The predicted molar refractivity (Wildman–Crippen MR) is 31.5 cm³/mol. The largest absolute Gasteiger partial charge is 0.327 e. The lowest BCUT2D eigenvalue weighted by Crippen LogP contribution is -2.20. The van der Waals surface area contributed by atoms with Crippen LogP contribution in [0.1, 0.15) is 0 Å². The number of rotatable bonds is 4. The quantitative estimate of drug-likeness (QED) is 0.217. The van der Waals surface area contributed by atoms with Crippen molar-refractivity contribution in [2.24, 2.45) is 0 Å². The first-order valence-electron chi connectivity index (χ1n) is 2.41. The molecule has 0 aromatic carbocycles. The first kappa shape index (κ1) is 9.58. The Bertz CT molecular complexity index is 153. The van der Waals surface area contributed by atoms with Crippen LogP contribution in [0.15, 0.2) is 0 Å². The van der Waals surface area contributed by atoms with E-state index < -0.39 is 13.8 Å². The van der Waals surface area contributed by atoms with Crippen molar-refractivity contribution in [2.45, 2.75) is 0 Å². The summed E-state index contributed by atoms with van der Waals surface area (Å²) in [5.74, 6) is 0. The third kappa shape index (κ3) is 5.71. The maximum atomic E-state index is 10.1. The van der Waals surface area contributed by atoms with Gasteiger partial charge in [-0.1, -0.05) is 0 Å². The molecule has 6 nitrogen and oxygen atoms in total. The van der Waals surface area contributed by atoms with Gasteiger partial charge in [-0.25, -0.2) is 5.06 Å². The van der Waals surface area contributed by atoms with Crippen LogP contribution in [0, 0.1) is 0 Å². The van der Waals surface area contributed by atoms with E-state index in [2.05, 4.69) is 0 Å². The van der Waals surface area contributed by atoms with E-state index in [1.165, 1.54) is 0 Å². The van der Waals surface area contributed by atoms with Gasteiger partial charge in [0.1, 0.15) is 0 Å². The molecule has 0 rings (SSSR count). The van der Waals surface area contributed by atoms with E-state index in [1.54, 1.807) is 0 Å². The number of carbonyl (C=O) groups excluding carboxylic acids is 1. The zero-order valence-electron chi connectivity index (χ0n) is 5.04. The highest BCUT2D eigenvalue weighted by atomic mass is 31.2. The summed E-state index contributed by atoms with van der Waals surface area (Å²) in [4.78, 5) is 26.1. The van der Waals surface area contributed by atoms with Gasteiger partial charge < -0.3 is 9.79 Å². The summed E-state index contributed by atoms with van der Waals surface area (Å²) < 4.78 is 10.1. The Morgan fingerprint density at radius 3 is 2.30 bits per heavy atom. The molecule has 0 radical (unpaired) electrons. The number of amides is 1. The van der Waals surface area contributed by atoms with Crippen LogP contribution in [-0.2, 0) is 9.36 Å². The minimum atomic E-state index is -4.09. The van der Waals surface area contributed by atoms with Crippen LogP contribution in [0.2, 0.25) is 0 Å². The van der Waals surface area contributed by atoms with E-state index in [0.717, 1.165) is 0 Å². The lowest BCUT2D eigenvalue weighted by atomic mass is 10.7. The molecule has 0 bridgehead atoms. The highest BCUT2D eigenvalue weighted by Gasteiger charge is 2.13. The van der Waals surface area contributed by atoms with E-state index in [1.807, 2.05) is 0 Å². The monoisotopic (exact) mass is 169 g/mol. The fraction of sp³-hybridized carbons (Fsp3) is 0.667. The van der Waals surface area contributed by atoms with Crippen LogP contribution in [0.4, 0.5) is 0 Å². The summed E-state index contributed by atoms with van der Waals surface area (Å²) in [6.07, 6.45) is -0.447. The van der Waals surface area contributed by atoms with Crippen LogP contribution in [0.5, 0.6) is 0 Å². The Morgan fingerprint density at radius 1 is 1.50 bits per heavy atom. The van der Waals surface area contributed by atoms with Crippen molar-refractivity contribution < 1.29 is 24.4 Å². The standard InChI is InChI=1S/C3H8NO5P/c5-3-4(6)1-2-10(7,8)9/h3,6H,1-2H2,(H2,7,8,9). The Morgan fingerprint density at radius 2 is 2.00 bits per heavy atom. The molecule has 1 amide bonds. The number of hydrogen-bond acceptors (Lipinski definition) is 3. The molecule has 0 aromatic heterocycles. The summed E-state index contributed by atoms with van der Waals surface area (Å²) in [5, 5.41) is 8.52. The van der Waals surface area contributed by atoms with Crippen molar-refractivity contribution in [2.75, 3.05) is 12.7 Å². The predicted octanol–water partition coefficient (Wildman–Crippen LogP) is -0.988. The second-order valence-electron chi connectivity index (χ2n) is 1.66. The van der Waals surface area contributed by atoms with E-state index >= 15 is 0 Å². The minimum absolute atomic E-state index is 0.0790. The molecule has 0 aliphatic carbocycles. The Balaban J connectivity index is 3.55. The zero-order chi connectivity index (χ0) is 8.20. The Labute approximate surface area is 57.2 Å². The number of hydrogen-bond donors (Lipinski definition) is 3. The van der Waals surface area contributed by atoms with Gasteiger partial charge in [-0.3, -0.25) is 14.6 Å². The summed E-state index contributed by atoms with van der Waals surface area (Å²) >= 11 is 0. The minimum Gasteiger partial charge on any atom is -0.324 e. The molecule has 3 N–H and O–H groups in total. The molecule has 0 aliphatic rings. The van der Waals surface area contributed by atoms with Crippen LogP contribution < -0.4 is 0 Å². The number of hydroxylamine groups is 2. The third-order valence-corrected chi connectivity index (χ3v) is 1.52. The van der Waals surface area contributed by atoms with Crippen molar-refractivity contribution in [3.05, 3.63) is 0 Å². The summed E-state index contributed by atoms with van der Waals surface area (Å²) in [6, 6.07) is 0. The van der Waals surface area contributed by atoms with Gasteiger partial charge in [0.25, 0.3) is 0 Å². The zero-order valence-corrected chi connectivity index (χ0v) is 5.94. The molecule has 0 atom stereocenters. The molecule has 0 fully saturated rings. The molecule has 60 valence electrons. The van der Waals surface area contributed by atoms with Crippen molar-refractivity contribution in [3.8, 4) is 0 Å². The molecule has 0 saturated carbocycles. The smallest absolute Gasteiger partial charge is 0.324 e. The van der Waals surface area contributed by atoms with Crippen molar-refractivity contribution in [3.63, 3.8) is 0 Å². The number of nitrogens with zero attached hydrogens (tertiary/aromatic N) is 1. The lowest BCUT2D eigenvalue weighted by Gasteiger charge is -2.08. The fourth-order valence-corrected chi connectivity index (χ4v) is 0.751. The molecule has 0 unspecified atom stereocenters. The van der Waals surface area contributed by atoms with Gasteiger partial charge in [-0.15, -0.1) is 0 Å². The maximum Gasteiger partial charge on any atom is 0.327 e. The van der Waals surface area contributed by atoms with E-state index in [0.29, 0.717) is 0 Å².